The molecule has 2 aromatic carbocycles. The average Bonchev–Trinajstić information content (AvgIpc) is 2.44. The standard InChI is InChI=1S/C15H15ClN2O3S/c1-22(21)9-10-4-2-3-5-13(10)18-15(20)17-11-6-7-14(19)12(16)8-11/h2-8,19H,9H2,1H3,(H2,17,18,20). The number of phenolic OH excluding ortho intramolecular Hbond substituents is 1. The molecule has 0 saturated heterocycles. The highest BCUT2D eigenvalue weighted by Crippen LogP contribution is 2.26. The van der Waals surface area contributed by atoms with Gasteiger partial charge in [-0.25, -0.2) is 4.79 Å². The van der Waals surface area contributed by atoms with E-state index in [2.05, 4.69) is 10.6 Å². The first kappa shape index (κ1) is 16.3. The van der Waals surface area contributed by atoms with Gasteiger partial charge in [0.25, 0.3) is 0 Å². The maximum absolute atomic E-state index is 12.0. The number of nitrogens with one attached hydrogen (secondary N) is 2. The molecular formula is C15H15ClN2O3S. The quantitative estimate of drug-likeness (QED) is 0.746. The minimum Gasteiger partial charge on any atom is -0.506 e. The van der Waals surface area contributed by atoms with Crippen molar-refractivity contribution in [2.45, 2.75) is 5.75 Å². The lowest BCUT2D eigenvalue weighted by atomic mass is 10.2. The summed E-state index contributed by atoms with van der Waals surface area (Å²) in [4.78, 5) is 12.0. The Kier molecular flexibility index (Phi) is 5.41. The number of hydrogen-bond donors (Lipinski definition) is 3. The van der Waals surface area contributed by atoms with Crippen LogP contribution in [0.2, 0.25) is 5.02 Å². The number of anilines is 2. The van der Waals surface area contributed by atoms with Crippen LogP contribution in [-0.2, 0) is 16.6 Å². The number of urea groups is 1. The molecule has 0 bridgehead atoms. The highest BCUT2D eigenvalue weighted by molar-refractivity contribution is 7.83. The van der Waals surface area contributed by atoms with Gasteiger partial charge < -0.3 is 15.7 Å². The molecule has 0 fully saturated rings. The molecule has 0 radical (unpaired) electrons. The smallest absolute Gasteiger partial charge is 0.323 e. The third kappa shape index (κ3) is 4.47. The maximum Gasteiger partial charge on any atom is 0.323 e. The van der Waals surface area contributed by atoms with Gasteiger partial charge in [-0.3, -0.25) is 4.21 Å². The zero-order chi connectivity index (χ0) is 16.1. The zero-order valence-corrected chi connectivity index (χ0v) is 13.4. The monoisotopic (exact) mass is 338 g/mol. The molecule has 7 heteroatoms. The number of halogens is 1. The van der Waals surface area contributed by atoms with E-state index < -0.39 is 16.8 Å². The minimum atomic E-state index is -1.00. The van der Waals surface area contributed by atoms with Crippen molar-refractivity contribution in [2.24, 2.45) is 0 Å². The van der Waals surface area contributed by atoms with Crippen molar-refractivity contribution in [1.82, 2.24) is 0 Å². The van der Waals surface area contributed by atoms with Gasteiger partial charge in [-0.1, -0.05) is 29.8 Å². The Morgan fingerprint density at radius 1 is 1.23 bits per heavy atom. The van der Waals surface area contributed by atoms with Crippen LogP contribution in [0.4, 0.5) is 16.2 Å². The van der Waals surface area contributed by atoms with Crippen molar-refractivity contribution in [3.05, 3.63) is 53.1 Å². The van der Waals surface area contributed by atoms with E-state index in [0.29, 0.717) is 17.1 Å². The van der Waals surface area contributed by atoms with E-state index in [9.17, 15) is 14.1 Å². The molecule has 116 valence electrons. The van der Waals surface area contributed by atoms with Crippen molar-refractivity contribution in [1.29, 1.82) is 0 Å². The summed E-state index contributed by atoms with van der Waals surface area (Å²) in [5, 5.41) is 14.8. The number of aromatic hydroxyl groups is 1. The van der Waals surface area contributed by atoms with E-state index in [-0.39, 0.29) is 10.8 Å². The Bertz CT molecular complexity index is 722. The Labute approximate surface area is 135 Å². The number of rotatable bonds is 4. The van der Waals surface area contributed by atoms with Gasteiger partial charge in [0.1, 0.15) is 5.75 Å². The third-order valence-corrected chi connectivity index (χ3v) is 3.85. The molecule has 0 aliphatic carbocycles. The van der Waals surface area contributed by atoms with Gasteiger partial charge in [0.2, 0.25) is 0 Å². The molecule has 22 heavy (non-hydrogen) atoms. The molecule has 2 amide bonds. The van der Waals surface area contributed by atoms with Crippen LogP contribution in [0.3, 0.4) is 0 Å². The van der Waals surface area contributed by atoms with Crippen molar-refractivity contribution >= 4 is 39.8 Å². The first-order valence-electron chi connectivity index (χ1n) is 6.40. The van der Waals surface area contributed by atoms with Gasteiger partial charge >= 0.3 is 6.03 Å². The Hall–Kier alpha value is -2.05. The van der Waals surface area contributed by atoms with Crippen molar-refractivity contribution in [3.63, 3.8) is 0 Å². The second-order valence-corrected chi connectivity index (χ2v) is 6.46. The van der Waals surface area contributed by atoms with Crippen molar-refractivity contribution in [3.8, 4) is 5.75 Å². The largest absolute Gasteiger partial charge is 0.506 e. The first-order valence-corrected chi connectivity index (χ1v) is 8.50. The third-order valence-electron chi connectivity index (χ3n) is 2.83. The second-order valence-electron chi connectivity index (χ2n) is 4.62. The summed E-state index contributed by atoms with van der Waals surface area (Å²) >= 11 is 5.78. The summed E-state index contributed by atoms with van der Waals surface area (Å²) in [6.07, 6.45) is 1.61. The van der Waals surface area contributed by atoms with Gasteiger partial charge in [0.05, 0.1) is 10.8 Å². The topological polar surface area (TPSA) is 78.4 Å². The summed E-state index contributed by atoms with van der Waals surface area (Å²) in [5.41, 5.74) is 1.85. The molecule has 1 atom stereocenters. The minimum absolute atomic E-state index is 0.0524. The summed E-state index contributed by atoms with van der Waals surface area (Å²) in [6.45, 7) is 0. The van der Waals surface area contributed by atoms with Crippen LogP contribution >= 0.6 is 11.6 Å². The second kappa shape index (κ2) is 7.29. The van der Waals surface area contributed by atoms with Gasteiger partial charge in [-0.15, -0.1) is 0 Å². The van der Waals surface area contributed by atoms with Crippen LogP contribution in [0, 0.1) is 0 Å². The fourth-order valence-corrected chi connectivity index (χ4v) is 2.73. The van der Waals surface area contributed by atoms with Gasteiger partial charge in [0.15, 0.2) is 0 Å². The van der Waals surface area contributed by atoms with Crippen LogP contribution in [0.15, 0.2) is 42.5 Å². The molecule has 2 aromatic rings. The molecule has 0 spiro atoms. The summed E-state index contributed by atoms with van der Waals surface area (Å²) in [5.74, 6) is 0.310. The number of hydrogen-bond acceptors (Lipinski definition) is 3. The van der Waals surface area contributed by atoms with E-state index in [1.54, 1.807) is 18.4 Å². The maximum atomic E-state index is 12.0. The van der Waals surface area contributed by atoms with E-state index in [1.807, 2.05) is 12.1 Å². The van der Waals surface area contributed by atoms with Gasteiger partial charge in [-0.2, -0.15) is 0 Å². The molecule has 0 saturated carbocycles. The summed E-state index contributed by atoms with van der Waals surface area (Å²) in [7, 11) is -1.00. The molecule has 0 aromatic heterocycles. The fourth-order valence-electron chi connectivity index (χ4n) is 1.86. The molecule has 1 unspecified atom stereocenters. The van der Waals surface area contributed by atoms with Crippen LogP contribution in [0.5, 0.6) is 5.75 Å². The SMILES string of the molecule is CS(=O)Cc1ccccc1NC(=O)Nc1ccc(O)c(Cl)c1. The number of amides is 2. The predicted octanol–water partition coefficient (Wildman–Crippen LogP) is 3.57. The summed E-state index contributed by atoms with van der Waals surface area (Å²) in [6, 6.07) is 11.1. The Morgan fingerprint density at radius 2 is 1.95 bits per heavy atom. The lowest BCUT2D eigenvalue weighted by Crippen LogP contribution is -2.20. The number of para-hydroxylation sites is 1. The van der Waals surface area contributed by atoms with Gasteiger partial charge in [-0.05, 0) is 29.8 Å². The highest BCUT2D eigenvalue weighted by Gasteiger charge is 2.09. The fraction of sp³-hybridized carbons (Fsp3) is 0.133. The highest BCUT2D eigenvalue weighted by atomic mass is 35.5. The summed E-state index contributed by atoms with van der Waals surface area (Å²) < 4.78 is 11.4. The Morgan fingerprint density at radius 3 is 2.64 bits per heavy atom. The lowest BCUT2D eigenvalue weighted by Gasteiger charge is -2.11. The number of carbonyl (C=O) groups excluding carboxylic acids is 1. The number of phenols is 1. The zero-order valence-electron chi connectivity index (χ0n) is 11.8. The van der Waals surface area contributed by atoms with Crippen LogP contribution in [-0.4, -0.2) is 21.6 Å². The molecule has 0 aliphatic rings. The molecule has 0 heterocycles. The number of carbonyl (C=O) groups is 1. The van der Waals surface area contributed by atoms with Crippen LogP contribution < -0.4 is 10.6 Å². The average molecular weight is 339 g/mol. The molecular weight excluding hydrogens is 324 g/mol. The van der Waals surface area contributed by atoms with E-state index >= 15 is 0 Å². The van der Waals surface area contributed by atoms with Crippen molar-refractivity contribution < 1.29 is 14.1 Å². The van der Waals surface area contributed by atoms with Crippen LogP contribution in [0.1, 0.15) is 5.56 Å². The van der Waals surface area contributed by atoms with Gasteiger partial charge in [0, 0.05) is 28.4 Å². The molecule has 5 nitrogen and oxygen atoms in total. The Balaban J connectivity index is 2.09. The van der Waals surface area contributed by atoms with E-state index in [0.717, 1.165) is 5.56 Å². The lowest BCUT2D eigenvalue weighted by molar-refractivity contribution is 0.262. The normalized spacial score (nSPS) is 11.7. The first-order chi connectivity index (χ1) is 10.5. The van der Waals surface area contributed by atoms with Crippen molar-refractivity contribution in [2.75, 3.05) is 16.9 Å². The van der Waals surface area contributed by atoms with Crippen LogP contribution in [0.25, 0.3) is 0 Å². The predicted molar refractivity (Wildman–Crippen MR) is 90.0 cm³/mol. The van der Waals surface area contributed by atoms with E-state index in [1.165, 1.54) is 18.2 Å². The molecule has 2 rings (SSSR count). The molecule has 3 N–H and O–H groups in total. The van der Waals surface area contributed by atoms with E-state index in [4.69, 9.17) is 11.6 Å². The number of benzene rings is 2. The molecule has 0 aliphatic heterocycles.